The Morgan fingerprint density at radius 1 is 1.40 bits per heavy atom. The zero-order chi connectivity index (χ0) is 14.2. The third kappa shape index (κ3) is 4.07. The Kier molecular flexibility index (Phi) is 5.57. The molecule has 0 aliphatic carbocycles. The van der Waals surface area contributed by atoms with Crippen molar-refractivity contribution in [3.63, 3.8) is 0 Å². The zero-order valence-electron chi connectivity index (χ0n) is 11.2. The monoisotopic (exact) mass is 292 g/mol. The van der Waals surface area contributed by atoms with Crippen molar-refractivity contribution in [3.8, 4) is 5.69 Å². The van der Waals surface area contributed by atoms with Crippen LogP contribution in [0.1, 0.15) is 0 Å². The van der Waals surface area contributed by atoms with Gasteiger partial charge in [-0.05, 0) is 12.1 Å². The Morgan fingerprint density at radius 2 is 2.20 bits per heavy atom. The first-order chi connectivity index (χ1) is 9.81. The molecule has 1 amide bonds. The standard InChI is InChI=1S/C13H16N4O2S/c1-19-8-7-14-12(18)9-20-13-16-15-10-17(13)11-5-3-2-4-6-11/h2-6,10H,7-9H2,1H3,(H,14,18). The van der Waals surface area contributed by atoms with Crippen LogP contribution in [0.5, 0.6) is 0 Å². The van der Waals surface area contributed by atoms with Gasteiger partial charge >= 0.3 is 0 Å². The van der Waals surface area contributed by atoms with Gasteiger partial charge in [0, 0.05) is 19.3 Å². The Morgan fingerprint density at radius 3 is 2.95 bits per heavy atom. The summed E-state index contributed by atoms with van der Waals surface area (Å²) in [6.45, 7) is 1.03. The molecule has 0 bridgehead atoms. The van der Waals surface area contributed by atoms with Crippen LogP contribution in [0.2, 0.25) is 0 Å². The summed E-state index contributed by atoms with van der Waals surface area (Å²) in [7, 11) is 1.60. The van der Waals surface area contributed by atoms with E-state index in [9.17, 15) is 4.79 Å². The maximum Gasteiger partial charge on any atom is 0.230 e. The molecule has 0 saturated heterocycles. The van der Waals surface area contributed by atoms with Gasteiger partial charge < -0.3 is 10.1 Å². The van der Waals surface area contributed by atoms with E-state index in [1.54, 1.807) is 13.4 Å². The molecular weight excluding hydrogens is 276 g/mol. The van der Waals surface area contributed by atoms with Gasteiger partial charge in [0.15, 0.2) is 5.16 Å². The first kappa shape index (κ1) is 14.5. The Bertz CT molecular complexity index is 544. The zero-order valence-corrected chi connectivity index (χ0v) is 12.0. The van der Waals surface area contributed by atoms with Crippen molar-refractivity contribution in [3.05, 3.63) is 36.7 Å². The number of thioether (sulfide) groups is 1. The number of para-hydroxylation sites is 1. The van der Waals surface area contributed by atoms with Crippen LogP contribution in [-0.4, -0.2) is 46.7 Å². The normalized spacial score (nSPS) is 10.4. The number of rotatable bonds is 7. The minimum absolute atomic E-state index is 0.0466. The topological polar surface area (TPSA) is 69.0 Å². The molecule has 0 atom stereocenters. The van der Waals surface area contributed by atoms with E-state index in [1.807, 2.05) is 34.9 Å². The van der Waals surface area contributed by atoms with Crippen molar-refractivity contribution < 1.29 is 9.53 Å². The number of methoxy groups -OCH3 is 1. The SMILES string of the molecule is COCCNC(=O)CSc1nncn1-c1ccccc1. The summed E-state index contributed by atoms with van der Waals surface area (Å²) in [5.41, 5.74) is 0.972. The number of benzene rings is 1. The second-order valence-electron chi connectivity index (χ2n) is 3.95. The molecule has 0 aliphatic heterocycles. The Hall–Kier alpha value is -1.86. The van der Waals surface area contributed by atoms with E-state index in [2.05, 4.69) is 15.5 Å². The number of hydrogen-bond acceptors (Lipinski definition) is 5. The largest absolute Gasteiger partial charge is 0.383 e. The van der Waals surface area contributed by atoms with E-state index in [1.165, 1.54) is 11.8 Å². The first-order valence-corrected chi connectivity index (χ1v) is 7.13. The van der Waals surface area contributed by atoms with Crippen LogP contribution in [-0.2, 0) is 9.53 Å². The molecule has 0 unspecified atom stereocenters. The number of hydrogen-bond donors (Lipinski definition) is 1. The van der Waals surface area contributed by atoms with E-state index >= 15 is 0 Å². The number of ether oxygens (including phenoxy) is 1. The van der Waals surface area contributed by atoms with Gasteiger partial charge in [-0.1, -0.05) is 30.0 Å². The van der Waals surface area contributed by atoms with Gasteiger partial charge in [-0.2, -0.15) is 0 Å². The molecule has 0 saturated carbocycles. The van der Waals surface area contributed by atoms with E-state index in [0.717, 1.165) is 5.69 Å². The minimum Gasteiger partial charge on any atom is -0.383 e. The molecule has 6 nitrogen and oxygen atoms in total. The lowest BCUT2D eigenvalue weighted by Crippen LogP contribution is -2.28. The average molecular weight is 292 g/mol. The summed E-state index contributed by atoms with van der Waals surface area (Å²) in [4.78, 5) is 11.6. The van der Waals surface area contributed by atoms with E-state index in [4.69, 9.17) is 4.74 Å². The third-order valence-corrected chi connectivity index (χ3v) is 3.45. The average Bonchev–Trinajstić information content (AvgIpc) is 2.95. The lowest BCUT2D eigenvalue weighted by Gasteiger charge is -2.06. The van der Waals surface area contributed by atoms with Crippen molar-refractivity contribution in [1.29, 1.82) is 0 Å². The molecule has 7 heteroatoms. The number of aromatic nitrogens is 3. The highest BCUT2D eigenvalue weighted by molar-refractivity contribution is 7.99. The number of amides is 1. The van der Waals surface area contributed by atoms with E-state index in [-0.39, 0.29) is 5.91 Å². The van der Waals surface area contributed by atoms with Gasteiger partial charge in [-0.25, -0.2) is 0 Å². The fourth-order valence-electron chi connectivity index (χ4n) is 1.56. The van der Waals surface area contributed by atoms with Gasteiger partial charge in [-0.3, -0.25) is 9.36 Å². The fraction of sp³-hybridized carbons (Fsp3) is 0.308. The number of carbonyl (C=O) groups excluding carboxylic acids is 1. The molecule has 2 rings (SSSR count). The lowest BCUT2D eigenvalue weighted by atomic mass is 10.3. The van der Waals surface area contributed by atoms with Crippen LogP contribution in [0.3, 0.4) is 0 Å². The molecule has 2 aromatic rings. The summed E-state index contributed by atoms with van der Waals surface area (Å²) in [5, 5.41) is 11.4. The molecule has 0 aliphatic rings. The van der Waals surface area contributed by atoms with E-state index < -0.39 is 0 Å². The number of nitrogens with zero attached hydrogens (tertiary/aromatic N) is 3. The summed E-state index contributed by atoms with van der Waals surface area (Å²) in [5.74, 6) is 0.254. The Labute approximate surface area is 121 Å². The third-order valence-electron chi connectivity index (χ3n) is 2.51. The van der Waals surface area contributed by atoms with Crippen LogP contribution < -0.4 is 5.32 Å². The van der Waals surface area contributed by atoms with Gasteiger partial charge in [0.05, 0.1) is 12.4 Å². The molecule has 0 spiro atoms. The maximum atomic E-state index is 11.6. The highest BCUT2D eigenvalue weighted by Gasteiger charge is 2.09. The molecule has 0 fully saturated rings. The summed E-state index contributed by atoms with van der Waals surface area (Å²) in [6.07, 6.45) is 1.64. The lowest BCUT2D eigenvalue weighted by molar-refractivity contribution is -0.118. The second kappa shape index (κ2) is 7.66. The molecule has 1 aromatic heterocycles. The van der Waals surface area contributed by atoms with Crippen LogP contribution >= 0.6 is 11.8 Å². The van der Waals surface area contributed by atoms with Crippen molar-refractivity contribution in [2.45, 2.75) is 5.16 Å². The van der Waals surface area contributed by atoms with Crippen LogP contribution in [0.25, 0.3) is 5.69 Å². The highest BCUT2D eigenvalue weighted by atomic mass is 32.2. The van der Waals surface area contributed by atoms with Crippen molar-refractivity contribution >= 4 is 17.7 Å². The van der Waals surface area contributed by atoms with Gasteiger partial charge in [0.2, 0.25) is 5.91 Å². The minimum atomic E-state index is -0.0466. The van der Waals surface area contributed by atoms with Gasteiger partial charge in [0.1, 0.15) is 6.33 Å². The summed E-state index contributed by atoms with van der Waals surface area (Å²) >= 11 is 1.35. The van der Waals surface area contributed by atoms with E-state index in [0.29, 0.717) is 24.1 Å². The predicted octanol–water partition coefficient (Wildman–Crippen LogP) is 1.12. The summed E-state index contributed by atoms with van der Waals surface area (Å²) < 4.78 is 6.73. The van der Waals surface area contributed by atoms with Crippen LogP contribution in [0.4, 0.5) is 0 Å². The van der Waals surface area contributed by atoms with Crippen LogP contribution in [0.15, 0.2) is 41.8 Å². The molecule has 20 heavy (non-hydrogen) atoms. The van der Waals surface area contributed by atoms with Crippen molar-refractivity contribution in [1.82, 2.24) is 20.1 Å². The maximum absolute atomic E-state index is 11.6. The van der Waals surface area contributed by atoms with Gasteiger partial charge in [0.25, 0.3) is 0 Å². The number of nitrogens with one attached hydrogen (secondary N) is 1. The fourth-order valence-corrected chi connectivity index (χ4v) is 2.32. The smallest absolute Gasteiger partial charge is 0.230 e. The van der Waals surface area contributed by atoms with Crippen molar-refractivity contribution in [2.24, 2.45) is 0 Å². The first-order valence-electron chi connectivity index (χ1n) is 6.15. The molecule has 1 heterocycles. The molecule has 106 valence electrons. The number of carbonyl (C=O) groups is 1. The quantitative estimate of drug-likeness (QED) is 0.612. The van der Waals surface area contributed by atoms with Crippen molar-refractivity contribution in [2.75, 3.05) is 26.0 Å². The summed E-state index contributed by atoms with van der Waals surface area (Å²) in [6, 6.07) is 9.77. The molecule has 1 N–H and O–H groups in total. The second-order valence-corrected chi connectivity index (χ2v) is 4.89. The van der Waals surface area contributed by atoms with Gasteiger partial charge in [-0.15, -0.1) is 10.2 Å². The highest BCUT2D eigenvalue weighted by Crippen LogP contribution is 2.18. The van der Waals surface area contributed by atoms with Crippen LogP contribution in [0, 0.1) is 0 Å². The predicted molar refractivity (Wildman–Crippen MR) is 77.0 cm³/mol. The molecular formula is C13H16N4O2S. The molecule has 1 aromatic carbocycles. The molecule has 0 radical (unpaired) electrons. The Balaban J connectivity index is 1.91.